The van der Waals surface area contributed by atoms with Gasteiger partial charge in [0.05, 0.1) is 11.4 Å². The fourth-order valence-corrected chi connectivity index (χ4v) is 3.09. The monoisotopic (exact) mass is 402 g/mol. The number of halogens is 1. The molecule has 8 nitrogen and oxygen atoms in total. The number of aromatic nitrogens is 2. The van der Waals surface area contributed by atoms with Crippen LogP contribution in [0.15, 0.2) is 36.4 Å². The first-order valence-electron chi connectivity index (χ1n) is 8.67. The number of hydrogen-bond donors (Lipinski definition) is 1. The van der Waals surface area contributed by atoms with E-state index in [4.69, 9.17) is 16.3 Å². The van der Waals surface area contributed by atoms with Crippen LogP contribution >= 0.6 is 11.6 Å². The molecule has 0 aliphatic carbocycles. The van der Waals surface area contributed by atoms with E-state index in [2.05, 4.69) is 10.4 Å². The Morgan fingerprint density at radius 3 is 2.68 bits per heavy atom. The van der Waals surface area contributed by atoms with Crippen molar-refractivity contribution in [1.82, 2.24) is 20.0 Å². The lowest BCUT2D eigenvalue weighted by Gasteiger charge is -2.17. The second kappa shape index (κ2) is 8.26. The first kappa shape index (κ1) is 19.6. The number of ether oxygens (including phenoxy) is 1. The highest BCUT2D eigenvalue weighted by Crippen LogP contribution is 2.24. The van der Waals surface area contributed by atoms with Gasteiger partial charge in [0, 0.05) is 24.7 Å². The van der Waals surface area contributed by atoms with Crippen molar-refractivity contribution in [3.05, 3.63) is 52.8 Å². The quantitative estimate of drug-likeness (QED) is 0.612. The van der Waals surface area contributed by atoms with Gasteiger partial charge in [-0.25, -0.2) is 14.3 Å². The molecule has 0 unspecified atom stereocenters. The molecule has 1 aliphatic heterocycles. The average Bonchev–Trinajstić information content (AvgIpc) is 3.23. The van der Waals surface area contributed by atoms with Crippen molar-refractivity contribution in [2.45, 2.75) is 20.0 Å². The van der Waals surface area contributed by atoms with Crippen LogP contribution in [-0.4, -0.2) is 51.8 Å². The van der Waals surface area contributed by atoms with Gasteiger partial charge < -0.3 is 10.1 Å². The molecule has 3 rings (SSSR count). The van der Waals surface area contributed by atoms with E-state index < -0.39 is 24.0 Å². The molecule has 0 spiro atoms. The number of nitrogens with one attached hydrogen (secondary N) is 1. The van der Waals surface area contributed by atoms with Crippen molar-refractivity contribution in [3.63, 3.8) is 0 Å². The zero-order chi connectivity index (χ0) is 20.3. The normalized spacial score (nSPS) is 15.0. The molecule has 2 aromatic rings. The van der Waals surface area contributed by atoms with Crippen molar-refractivity contribution >= 4 is 35.6 Å². The molecule has 1 N–H and O–H groups in total. The lowest BCUT2D eigenvalue weighted by Crippen LogP contribution is -2.41. The highest BCUT2D eigenvalue weighted by molar-refractivity contribution is 6.31. The molecule has 1 fully saturated rings. The van der Waals surface area contributed by atoms with E-state index in [0.29, 0.717) is 23.0 Å². The van der Waals surface area contributed by atoms with Gasteiger partial charge in [0.1, 0.15) is 5.15 Å². The van der Waals surface area contributed by atoms with Crippen LogP contribution in [0, 0.1) is 6.92 Å². The lowest BCUT2D eigenvalue weighted by molar-refractivity contribution is -0.153. The number of imide groups is 1. The zero-order valence-corrected chi connectivity index (χ0v) is 16.1. The Kier molecular flexibility index (Phi) is 5.79. The number of urea groups is 1. The molecule has 9 heteroatoms. The van der Waals surface area contributed by atoms with Gasteiger partial charge in [-0.05, 0) is 32.1 Å². The highest BCUT2D eigenvalue weighted by atomic mass is 35.5. The van der Waals surface area contributed by atoms with Crippen LogP contribution in [0.4, 0.5) is 4.79 Å². The minimum atomic E-state index is -1.08. The van der Waals surface area contributed by atoms with Crippen molar-refractivity contribution in [3.8, 4) is 5.69 Å². The largest absolute Gasteiger partial charge is 0.449 e. The highest BCUT2D eigenvalue weighted by Gasteiger charge is 2.31. The predicted octanol–water partition coefficient (Wildman–Crippen LogP) is 2.33. The third kappa shape index (κ3) is 4.07. The molecular weight excluding hydrogens is 384 g/mol. The SMILES string of the molecule is Cc1nn(-c2ccccc2)c(Cl)c1/C=C/C(=O)O[C@@H](C)C(=O)N1CCNC1=O. The van der Waals surface area contributed by atoms with Crippen LogP contribution in [0.3, 0.4) is 0 Å². The Morgan fingerprint density at radius 2 is 2.04 bits per heavy atom. The fraction of sp³-hybridized carbons (Fsp3) is 0.263. The molecule has 1 aromatic heterocycles. The number of amides is 3. The van der Waals surface area contributed by atoms with E-state index >= 15 is 0 Å². The van der Waals surface area contributed by atoms with Crippen LogP contribution in [0.25, 0.3) is 11.8 Å². The maximum absolute atomic E-state index is 12.2. The van der Waals surface area contributed by atoms with Crippen LogP contribution < -0.4 is 5.32 Å². The summed E-state index contributed by atoms with van der Waals surface area (Å²) in [5.41, 5.74) is 2.00. The van der Waals surface area contributed by atoms with E-state index in [-0.39, 0.29) is 6.54 Å². The molecule has 2 heterocycles. The fourth-order valence-electron chi connectivity index (χ4n) is 2.76. The Hall–Kier alpha value is -3.13. The summed E-state index contributed by atoms with van der Waals surface area (Å²) in [6.07, 6.45) is 1.59. The van der Waals surface area contributed by atoms with Gasteiger partial charge in [-0.15, -0.1) is 0 Å². The Bertz CT molecular complexity index is 939. The number of nitrogens with zero attached hydrogens (tertiary/aromatic N) is 3. The second-order valence-electron chi connectivity index (χ2n) is 6.17. The number of benzene rings is 1. The molecule has 28 heavy (non-hydrogen) atoms. The molecule has 146 valence electrons. The smallest absolute Gasteiger partial charge is 0.331 e. The maximum atomic E-state index is 12.2. The molecule has 0 bridgehead atoms. The zero-order valence-electron chi connectivity index (χ0n) is 15.4. The van der Waals surface area contributed by atoms with E-state index in [0.717, 1.165) is 10.6 Å². The van der Waals surface area contributed by atoms with Gasteiger partial charge in [-0.1, -0.05) is 29.8 Å². The van der Waals surface area contributed by atoms with E-state index in [1.165, 1.54) is 19.1 Å². The predicted molar refractivity (Wildman–Crippen MR) is 103 cm³/mol. The Balaban J connectivity index is 1.68. The first-order chi connectivity index (χ1) is 13.4. The van der Waals surface area contributed by atoms with Crippen molar-refractivity contribution < 1.29 is 19.1 Å². The number of carbonyl (C=O) groups is 3. The average molecular weight is 403 g/mol. The molecule has 0 saturated carbocycles. The van der Waals surface area contributed by atoms with E-state index in [1.54, 1.807) is 11.6 Å². The van der Waals surface area contributed by atoms with Gasteiger partial charge in [0.2, 0.25) is 0 Å². The molecule has 1 atom stereocenters. The second-order valence-corrected chi connectivity index (χ2v) is 6.53. The minimum Gasteiger partial charge on any atom is -0.449 e. The first-order valence-corrected chi connectivity index (χ1v) is 9.04. The molecule has 1 saturated heterocycles. The van der Waals surface area contributed by atoms with E-state index in [9.17, 15) is 14.4 Å². The summed E-state index contributed by atoms with van der Waals surface area (Å²) in [4.78, 5) is 36.8. The number of hydrogen-bond acceptors (Lipinski definition) is 5. The van der Waals surface area contributed by atoms with Gasteiger partial charge in [-0.3, -0.25) is 9.69 Å². The summed E-state index contributed by atoms with van der Waals surface area (Å²) in [6.45, 7) is 3.83. The third-order valence-electron chi connectivity index (χ3n) is 4.20. The summed E-state index contributed by atoms with van der Waals surface area (Å²) < 4.78 is 6.67. The number of rotatable bonds is 5. The van der Waals surface area contributed by atoms with Gasteiger partial charge >= 0.3 is 12.0 Å². The number of aryl methyl sites for hydroxylation is 1. The van der Waals surface area contributed by atoms with Crippen LogP contribution in [0.5, 0.6) is 0 Å². The van der Waals surface area contributed by atoms with Crippen molar-refractivity contribution in [1.29, 1.82) is 0 Å². The Morgan fingerprint density at radius 1 is 1.32 bits per heavy atom. The van der Waals surface area contributed by atoms with Gasteiger partial charge in [0.25, 0.3) is 5.91 Å². The molecule has 0 radical (unpaired) electrons. The van der Waals surface area contributed by atoms with Gasteiger partial charge in [-0.2, -0.15) is 5.10 Å². The molecule has 1 aliphatic rings. The molecular formula is C19H19ClN4O4. The summed E-state index contributed by atoms with van der Waals surface area (Å²) in [5.74, 6) is -1.29. The maximum Gasteiger partial charge on any atom is 0.331 e. The number of carbonyl (C=O) groups excluding carboxylic acids is 3. The summed E-state index contributed by atoms with van der Waals surface area (Å²) in [5, 5.41) is 7.26. The third-order valence-corrected chi connectivity index (χ3v) is 4.56. The summed E-state index contributed by atoms with van der Waals surface area (Å²) in [6, 6.07) is 8.87. The van der Waals surface area contributed by atoms with Crippen LogP contribution in [0.1, 0.15) is 18.2 Å². The topological polar surface area (TPSA) is 93.5 Å². The lowest BCUT2D eigenvalue weighted by atomic mass is 10.2. The van der Waals surface area contributed by atoms with Gasteiger partial charge in [0.15, 0.2) is 6.10 Å². The number of para-hydroxylation sites is 1. The Labute approximate surface area is 166 Å². The van der Waals surface area contributed by atoms with Crippen molar-refractivity contribution in [2.75, 3.05) is 13.1 Å². The standard InChI is InChI=1S/C19H19ClN4O4/c1-12-15(17(20)24(22-12)14-6-4-3-5-7-14)8-9-16(25)28-13(2)18(26)23-11-10-21-19(23)27/h3-9,13H,10-11H2,1-2H3,(H,21,27)/b9-8+/t13-/m0/s1. The molecule has 3 amide bonds. The van der Waals surface area contributed by atoms with Crippen LogP contribution in [-0.2, 0) is 14.3 Å². The number of esters is 1. The van der Waals surface area contributed by atoms with E-state index in [1.807, 2.05) is 30.3 Å². The summed E-state index contributed by atoms with van der Waals surface area (Å²) >= 11 is 6.40. The van der Waals surface area contributed by atoms with Crippen LogP contribution in [0.2, 0.25) is 5.15 Å². The van der Waals surface area contributed by atoms with Crippen molar-refractivity contribution in [2.24, 2.45) is 0 Å². The molecule has 1 aromatic carbocycles. The minimum absolute atomic E-state index is 0.253. The summed E-state index contributed by atoms with van der Waals surface area (Å²) in [7, 11) is 0.